The molecule has 4 unspecified atom stereocenters. The van der Waals surface area contributed by atoms with Gasteiger partial charge in [-0.2, -0.15) is 0 Å². The van der Waals surface area contributed by atoms with Gasteiger partial charge in [0, 0.05) is 7.11 Å². The number of aliphatic hydroxyl groups is 3. The molecule has 0 fully saturated rings. The van der Waals surface area contributed by atoms with Crippen LogP contribution in [0.3, 0.4) is 0 Å². The topological polar surface area (TPSA) is 107 Å². The van der Waals surface area contributed by atoms with E-state index in [1.165, 1.54) is 27.9 Å². The first kappa shape index (κ1) is 15.3. The van der Waals surface area contributed by atoms with Crippen molar-refractivity contribution in [3.8, 4) is 0 Å². The summed E-state index contributed by atoms with van der Waals surface area (Å²) < 4.78 is 4.94. The molecule has 0 aliphatic rings. The van der Waals surface area contributed by atoms with Crippen molar-refractivity contribution in [2.24, 2.45) is 5.92 Å². The number of hydrogen-bond acceptors (Lipinski definition) is 5. The SMILES string of the molecule is COC(C)(C)C(O)C(O)C(O)C(C)C(=O)O. The molecule has 0 aliphatic carbocycles. The summed E-state index contributed by atoms with van der Waals surface area (Å²) >= 11 is 0. The average molecular weight is 236 g/mol. The van der Waals surface area contributed by atoms with Crippen molar-refractivity contribution >= 4 is 5.97 Å². The Morgan fingerprint density at radius 3 is 1.94 bits per heavy atom. The molecular formula is C10H20O6. The monoisotopic (exact) mass is 236 g/mol. The third kappa shape index (κ3) is 3.41. The molecule has 0 heterocycles. The number of aliphatic hydroxyl groups excluding tert-OH is 3. The number of carboxylic acids is 1. The van der Waals surface area contributed by atoms with Gasteiger partial charge < -0.3 is 25.2 Å². The maximum atomic E-state index is 10.6. The Labute approximate surface area is 94.5 Å². The van der Waals surface area contributed by atoms with E-state index < -0.39 is 35.8 Å². The molecule has 0 aromatic heterocycles. The number of rotatable bonds is 6. The minimum absolute atomic E-state index is 1.07. The molecule has 16 heavy (non-hydrogen) atoms. The fourth-order valence-electron chi connectivity index (χ4n) is 1.16. The number of carboxylic acid groups (broad SMARTS) is 1. The highest BCUT2D eigenvalue weighted by Gasteiger charge is 2.40. The van der Waals surface area contributed by atoms with E-state index >= 15 is 0 Å². The van der Waals surface area contributed by atoms with E-state index in [1.807, 2.05) is 0 Å². The van der Waals surface area contributed by atoms with Crippen LogP contribution in [0.15, 0.2) is 0 Å². The predicted octanol–water partition coefficient (Wildman–Crippen LogP) is -0.785. The second-order valence-electron chi connectivity index (χ2n) is 4.36. The average Bonchev–Trinajstić information content (AvgIpc) is 2.24. The van der Waals surface area contributed by atoms with Crippen LogP contribution >= 0.6 is 0 Å². The largest absolute Gasteiger partial charge is 0.481 e. The van der Waals surface area contributed by atoms with E-state index in [0.717, 1.165) is 0 Å². The predicted molar refractivity (Wildman–Crippen MR) is 55.9 cm³/mol. The molecule has 0 saturated carbocycles. The highest BCUT2D eigenvalue weighted by molar-refractivity contribution is 5.70. The molecule has 0 bridgehead atoms. The number of ether oxygens (including phenoxy) is 1. The van der Waals surface area contributed by atoms with E-state index in [1.54, 1.807) is 0 Å². The zero-order valence-electron chi connectivity index (χ0n) is 9.91. The summed E-state index contributed by atoms with van der Waals surface area (Å²) in [5.74, 6) is -2.41. The molecule has 0 aliphatic heterocycles. The maximum absolute atomic E-state index is 10.6. The van der Waals surface area contributed by atoms with Crippen molar-refractivity contribution in [3.05, 3.63) is 0 Å². The van der Waals surface area contributed by atoms with Crippen LogP contribution < -0.4 is 0 Å². The van der Waals surface area contributed by atoms with Gasteiger partial charge in [-0.15, -0.1) is 0 Å². The highest BCUT2D eigenvalue weighted by atomic mass is 16.5. The van der Waals surface area contributed by atoms with E-state index in [2.05, 4.69) is 0 Å². The molecule has 0 aromatic rings. The second-order valence-corrected chi connectivity index (χ2v) is 4.36. The van der Waals surface area contributed by atoms with E-state index in [0.29, 0.717) is 0 Å². The van der Waals surface area contributed by atoms with Gasteiger partial charge in [0.05, 0.1) is 17.6 Å². The van der Waals surface area contributed by atoms with Gasteiger partial charge >= 0.3 is 5.97 Å². The molecule has 0 rings (SSSR count). The fourth-order valence-corrected chi connectivity index (χ4v) is 1.16. The van der Waals surface area contributed by atoms with Crippen molar-refractivity contribution in [2.45, 2.75) is 44.7 Å². The zero-order chi connectivity index (χ0) is 13.1. The number of hydrogen-bond donors (Lipinski definition) is 4. The van der Waals surface area contributed by atoms with Crippen molar-refractivity contribution in [3.63, 3.8) is 0 Å². The van der Waals surface area contributed by atoms with Gasteiger partial charge in [0.25, 0.3) is 0 Å². The Morgan fingerprint density at radius 1 is 1.19 bits per heavy atom. The highest BCUT2D eigenvalue weighted by Crippen LogP contribution is 2.21. The number of carbonyl (C=O) groups is 1. The Bertz CT molecular complexity index is 239. The Morgan fingerprint density at radius 2 is 1.62 bits per heavy atom. The Kier molecular flexibility index (Phi) is 5.34. The van der Waals surface area contributed by atoms with Gasteiger partial charge in [-0.3, -0.25) is 4.79 Å². The molecular weight excluding hydrogens is 216 g/mol. The molecule has 0 saturated heterocycles. The van der Waals surface area contributed by atoms with Crippen LogP contribution in [0, 0.1) is 5.92 Å². The summed E-state index contributed by atoms with van der Waals surface area (Å²) in [6.07, 6.45) is -4.52. The van der Waals surface area contributed by atoms with Crippen LogP contribution in [0.5, 0.6) is 0 Å². The van der Waals surface area contributed by atoms with Gasteiger partial charge in [-0.05, 0) is 20.8 Å². The summed E-state index contributed by atoms with van der Waals surface area (Å²) in [4.78, 5) is 10.6. The summed E-state index contributed by atoms with van der Waals surface area (Å²) in [6, 6.07) is 0. The Balaban J connectivity index is 4.67. The molecule has 0 spiro atoms. The van der Waals surface area contributed by atoms with E-state index in [4.69, 9.17) is 9.84 Å². The van der Waals surface area contributed by atoms with Crippen molar-refractivity contribution in [1.82, 2.24) is 0 Å². The molecule has 4 N–H and O–H groups in total. The van der Waals surface area contributed by atoms with Crippen LogP contribution in [-0.4, -0.2) is 57.4 Å². The summed E-state index contributed by atoms with van der Waals surface area (Å²) in [6.45, 7) is 4.31. The lowest BCUT2D eigenvalue weighted by atomic mass is 9.89. The van der Waals surface area contributed by atoms with Gasteiger partial charge in [0.1, 0.15) is 12.2 Å². The molecule has 0 aromatic carbocycles. The molecule has 96 valence electrons. The quantitative estimate of drug-likeness (QED) is 0.481. The molecule has 4 atom stereocenters. The minimum Gasteiger partial charge on any atom is -0.481 e. The summed E-state index contributed by atoms with van der Waals surface area (Å²) in [5, 5.41) is 37.5. The molecule has 0 amide bonds. The van der Waals surface area contributed by atoms with Gasteiger partial charge in [0.2, 0.25) is 0 Å². The lowest BCUT2D eigenvalue weighted by Crippen LogP contribution is -2.53. The van der Waals surface area contributed by atoms with Crippen molar-refractivity contribution in [2.75, 3.05) is 7.11 Å². The zero-order valence-corrected chi connectivity index (χ0v) is 9.91. The van der Waals surface area contributed by atoms with Crippen LogP contribution in [0.2, 0.25) is 0 Å². The van der Waals surface area contributed by atoms with E-state index in [-0.39, 0.29) is 0 Å². The lowest BCUT2D eigenvalue weighted by molar-refractivity contribution is -0.169. The first-order valence-corrected chi connectivity index (χ1v) is 4.97. The third-order valence-electron chi connectivity index (χ3n) is 2.81. The first-order valence-electron chi connectivity index (χ1n) is 4.97. The third-order valence-corrected chi connectivity index (χ3v) is 2.81. The standard InChI is InChI=1S/C10H20O6/c1-5(9(14)15)6(11)7(12)8(13)10(2,3)16-4/h5-8,11-13H,1-4H3,(H,14,15). The van der Waals surface area contributed by atoms with Crippen molar-refractivity contribution in [1.29, 1.82) is 0 Å². The number of aliphatic carboxylic acids is 1. The lowest BCUT2D eigenvalue weighted by Gasteiger charge is -2.35. The van der Waals surface area contributed by atoms with E-state index in [9.17, 15) is 20.1 Å². The smallest absolute Gasteiger partial charge is 0.308 e. The molecule has 6 heteroatoms. The maximum Gasteiger partial charge on any atom is 0.308 e. The molecule has 6 nitrogen and oxygen atoms in total. The second kappa shape index (κ2) is 5.58. The van der Waals surface area contributed by atoms with Crippen LogP contribution in [0.1, 0.15) is 20.8 Å². The van der Waals surface area contributed by atoms with Gasteiger partial charge in [-0.1, -0.05) is 0 Å². The fraction of sp³-hybridized carbons (Fsp3) is 0.900. The van der Waals surface area contributed by atoms with Gasteiger partial charge in [0.15, 0.2) is 0 Å². The number of methoxy groups -OCH3 is 1. The van der Waals surface area contributed by atoms with Gasteiger partial charge in [-0.25, -0.2) is 0 Å². The van der Waals surface area contributed by atoms with Crippen LogP contribution in [0.25, 0.3) is 0 Å². The normalized spacial score (nSPS) is 19.9. The molecule has 0 radical (unpaired) electrons. The minimum atomic E-state index is -1.58. The summed E-state index contributed by atoms with van der Waals surface area (Å²) in [7, 11) is 1.35. The first-order chi connectivity index (χ1) is 7.15. The van der Waals surface area contributed by atoms with Crippen molar-refractivity contribution < 1.29 is 30.0 Å². The van der Waals surface area contributed by atoms with Crippen LogP contribution in [-0.2, 0) is 9.53 Å². The summed E-state index contributed by atoms with van der Waals surface area (Å²) in [5.41, 5.74) is -1.07. The van der Waals surface area contributed by atoms with Crippen LogP contribution in [0.4, 0.5) is 0 Å². The Hall–Kier alpha value is -0.690.